The summed E-state index contributed by atoms with van der Waals surface area (Å²) >= 11 is 0. The van der Waals surface area contributed by atoms with Crippen molar-refractivity contribution in [2.75, 3.05) is 13.1 Å². The monoisotopic (exact) mass is 330 g/mol. The number of amides is 1. The lowest BCUT2D eigenvalue weighted by Crippen LogP contribution is -2.36. The maximum atomic E-state index is 12.8. The molecule has 0 aliphatic heterocycles. The summed E-state index contributed by atoms with van der Waals surface area (Å²) < 4.78 is 5.68. The summed E-state index contributed by atoms with van der Waals surface area (Å²) in [7, 11) is 0. The summed E-state index contributed by atoms with van der Waals surface area (Å²) in [5.74, 6) is -0.480. The van der Waals surface area contributed by atoms with E-state index in [0.717, 1.165) is 5.56 Å². The Morgan fingerprint density at radius 2 is 1.92 bits per heavy atom. The normalized spacial score (nSPS) is 10.8. The Bertz CT molecular complexity index is 707. The smallest absolute Gasteiger partial charge is 0.305 e. The summed E-state index contributed by atoms with van der Waals surface area (Å²) in [5, 5.41) is 8.88. The molecule has 0 saturated carbocycles. The molecule has 128 valence electrons. The van der Waals surface area contributed by atoms with Gasteiger partial charge in [0.05, 0.1) is 12.1 Å². The molecule has 0 saturated heterocycles. The van der Waals surface area contributed by atoms with Crippen molar-refractivity contribution < 1.29 is 19.1 Å². The van der Waals surface area contributed by atoms with Crippen LogP contribution in [0.2, 0.25) is 0 Å². The number of aryl methyl sites for hydroxylation is 1. The third-order valence-electron chi connectivity index (χ3n) is 3.48. The first-order valence-electron chi connectivity index (χ1n) is 7.92. The molecular formula is C18H22N2O4. The summed E-state index contributed by atoms with van der Waals surface area (Å²) in [5.41, 5.74) is 1.29. The lowest BCUT2D eigenvalue weighted by atomic mass is 10.2. The van der Waals surface area contributed by atoms with Gasteiger partial charge in [-0.3, -0.25) is 9.59 Å². The van der Waals surface area contributed by atoms with Gasteiger partial charge in [0.15, 0.2) is 0 Å². The summed E-state index contributed by atoms with van der Waals surface area (Å²) in [6, 6.07) is 9.34. The SMILES string of the molecule is Cc1nc(-c2ccccc2)oc1C(=O)N(CCC(=O)O)CC(C)C. The van der Waals surface area contributed by atoms with Gasteiger partial charge in [-0.2, -0.15) is 0 Å². The van der Waals surface area contributed by atoms with Gasteiger partial charge < -0.3 is 14.4 Å². The zero-order valence-corrected chi connectivity index (χ0v) is 14.2. The van der Waals surface area contributed by atoms with E-state index in [4.69, 9.17) is 9.52 Å². The van der Waals surface area contributed by atoms with Crippen LogP contribution in [0.5, 0.6) is 0 Å². The van der Waals surface area contributed by atoms with Gasteiger partial charge in [-0.15, -0.1) is 0 Å². The number of hydrogen-bond donors (Lipinski definition) is 1. The highest BCUT2D eigenvalue weighted by Crippen LogP contribution is 2.23. The summed E-state index contributed by atoms with van der Waals surface area (Å²) in [6.45, 7) is 6.28. The maximum absolute atomic E-state index is 12.8. The number of aromatic nitrogens is 1. The fraction of sp³-hybridized carbons (Fsp3) is 0.389. The van der Waals surface area contributed by atoms with E-state index in [1.165, 1.54) is 4.90 Å². The molecule has 1 N–H and O–H groups in total. The molecule has 0 spiro atoms. The van der Waals surface area contributed by atoms with Crippen LogP contribution in [-0.2, 0) is 4.79 Å². The fourth-order valence-corrected chi connectivity index (χ4v) is 2.39. The lowest BCUT2D eigenvalue weighted by Gasteiger charge is -2.23. The molecule has 2 rings (SSSR count). The van der Waals surface area contributed by atoms with Crippen molar-refractivity contribution in [2.45, 2.75) is 27.2 Å². The Labute approximate surface area is 141 Å². The second-order valence-corrected chi connectivity index (χ2v) is 6.09. The van der Waals surface area contributed by atoms with Crippen molar-refractivity contribution in [3.63, 3.8) is 0 Å². The molecule has 0 atom stereocenters. The number of carbonyl (C=O) groups is 2. The zero-order valence-electron chi connectivity index (χ0n) is 14.2. The van der Waals surface area contributed by atoms with Crippen LogP contribution in [0.3, 0.4) is 0 Å². The van der Waals surface area contributed by atoms with Crippen LogP contribution < -0.4 is 0 Å². The van der Waals surface area contributed by atoms with Crippen molar-refractivity contribution in [3.05, 3.63) is 41.8 Å². The number of carboxylic acids is 1. The second-order valence-electron chi connectivity index (χ2n) is 6.09. The van der Waals surface area contributed by atoms with E-state index in [1.807, 2.05) is 44.2 Å². The van der Waals surface area contributed by atoms with Crippen molar-refractivity contribution in [1.82, 2.24) is 9.88 Å². The molecule has 0 bridgehead atoms. The topological polar surface area (TPSA) is 83.6 Å². The fourth-order valence-electron chi connectivity index (χ4n) is 2.39. The third-order valence-corrected chi connectivity index (χ3v) is 3.48. The minimum absolute atomic E-state index is 0.100. The van der Waals surface area contributed by atoms with Gasteiger partial charge in [-0.1, -0.05) is 32.0 Å². The molecule has 0 radical (unpaired) electrons. The minimum atomic E-state index is -0.934. The Morgan fingerprint density at radius 1 is 1.25 bits per heavy atom. The standard InChI is InChI=1S/C18H22N2O4/c1-12(2)11-20(10-9-15(21)22)18(23)16-13(3)19-17(24-16)14-7-5-4-6-8-14/h4-8,12H,9-11H2,1-3H3,(H,21,22). The van der Waals surface area contributed by atoms with Crippen LogP contribution in [0.4, 0.5) is 0 Å². The highest BCUT2D eigenvalue weighted by atomic mass is 16.4. The van der Waals surface area contributed by atoms with Gasteiger partial charge in [0.2, 0.25) is 11.7 Å². The number of nitrogens with zero attached hydrogens (tertiary/aromatic N) is 2. The molecule has 1 aromatic heterocycles. The maximum Gasteiger partial charge on any atom is 0.305 e. The van der Waals surface area contributed by atoms with Crippen LogP contribution in [0.15, 0.2) is 34.7 Å². The molecule has 6 nitrogen and oxygen atoms in total. The quantitative estimate of drug-likeness (QED) is 0.842. The molecule has 1 heterocycles. The first-order valence-corrected chi connectivity index (χ1v) is 7.92. The van der Waals surface area contributed by atoms with Crippen LogP contribution in [0.25, 0.3) is 11.5 Å². The number of hydrogen-bond acceptors (Lipinski definition) is 4. The molecule has 0 aliphatic rings. The minimum Gasteiger partial charge on any atom is -0.481 e. The average molecular weight is 330 g/mol. The highest BCUT2D eigenvalue weighted by molar-refractivity contribution is 5.93. The van der Waals surface area contributed by atoms with E-state index in [1.54, 1.807) is 6.92 Å². The van der Waals surface area contributed by atoms with Gasteiger partial charge >= 0.3 is 5.97 Å². The highest BCUT2D eigenvalue weighted by Gasteiger charge is 2.24. The van der Waals surface area contributed by atoms with Crippen molar-refractivity contribution in [1.29, 1.82) is 0 Å². The number of benzene rings is 1. The van der Waals surface area contributed by atoms with Crippen LogP contribution >= 0.6 is 0 Å². The van der Waals surface area contributed by atoms with E-state index in [-0.39, 0.29) is 30.6 Å². The average Bonchev–Trinajstić information content (AvgIpc) is 2.93. The van der Waals surface area contributed by atoms with Gasteiger partial charge in [0, 0.05) is 18.7 Å². The number of oxazole rings is 1. The van der Waals surface area contributed by atoms with E-state index in [0.29, 0.717) is 18.1 Å². The van der Waals surface area contributed by atoms with Gasteiger partial charge in [0.1, 0.15) is 0 Å². The predicted octanol–water partition coefficient (Wildman–Crippen LogP) is 3.22. The molecular weight excluding hydrogens is 308 g/mol. The van der Waals surface area contributed by atoms with Crippen molar-refractivity contribution in [2.24, 2.45) is 5.92 Å². The molecule has 0 aliphatic carbocycles. The predicted molar refractivity (Wildman–Crippen MR) is 89.7 cm³/mol. The zero-order chi connectivity index (χ0) is 17.7. The van der Waals surface area contributed by atoms with E-state index in [9.17, 15) is 9.59 Å². The molecule has 1 aromatic carbocycles. The third kappa shape index (κ3) is 4.44. The van der Waals surface area contributed by atoms with Crippen molar-refractivity contribution in [3.8, 4) is 11.5 Å². The first kappa shape index (κ1) is 17.7. The number of carbonyl (C=O) groups excluding carboxylic acids is 1. The molecule has 1 amide bonds. The molecule has 6 heteroatoms. The number of carboxylic acid groups (broad SMARTS) is 1. The first-order chi connectivity index (χ1) is 11.4. The van der Waals surface area contributed by atoms with Gasteiger partial charge in [-0.25, -0.2) is 4.98 Å². The van der Waals surface area contributed by atoms with Crippen LogP contribution in [0, 0.1) is 12.8 Å². The van der Waals surface area contributed by atoms with Crippen LogP contribution in [0.1, 0.15) is 36.5 Å². The Kier molecular flexibility index (Phi) is 5.73. The molecule has 2 aromatic rings. The summed E-state index contributed by atoms with van der Waals surface area (Å²) in [6.07, 6.45) is -0.100. The number of rotatable bonds is 7. The second kappa shape index (κ2) is 7.77. The van der Waals surface area contributed by atoms with Gasteiger partial charge in [0.25, 0.3) is 5.91 Å². The van der Waals surface area contributed by atoms with Crippen molar-refractivity contribution >= 4 is 11.9 Å². The molecule has 24 heavy (non-hydrogen) atoms. The Hall–Kier alpha value is -2.63. The lowest BCUT2D eigenvalue weighted by molar-refractivity contribution is -0.137. The summed E-state index contributed by atoms with van der Waals surface area (Å²) in [4.78, 5) is 29.4. The van der Waals surface area contributed by atoms with Gasteiger partial charge in [-0.05, 0) is 25.0 Å². The van der Waals surface area contributed by atoms with Crippen LogP contribution in [-0.4, -0.2) is 40.0 Å². The van der Waals surface area contributed by atoms with E-state index < -0.39 is 5.97 Å². The Morgan fingerprint density at radius 3 is 2.50 bits per heavy atom. The Balaban J connectivity index is 2.25. The van der Waals surface area contributed by atoms with E-state index in [2.05, 4.69) is 4.98 Å². The molecule has 0 unspecified atom stereocenters. The number of aliphatic carboxylic acids is 1. The molecule has 0 fully saturated rings. The largest absolute Gasteiger partial charge is 0.481 e. The van der Waals surface area contributed by atoms with E-state index >= 15 is 0 Å².